The van der Waals surface area contributed by atoms with Crippen molar-refractivity contribution in [1.29, 1.82) is 0 Å². The molecule has 32 heavy (non-hydrogen) atoms. The Morgan fingerprint density at radius 3 is 2.59 bits per heavy atom. The Morgan fingerprint density at radius 1 is 1.16 bits per heavy atom. The van der Waals surface area contributed by atoms with Crippen molar-refractivity contribution in [3.05, 3.63) is 71.6 Å². The number of halogens is 3. The Kier molecular flexibility index (Phi) is 7.63. The number of hydrogen-bond acceptors (Lipinski definition) is 5. The first-order valence-corrected chi connectivity index (χ1v) is 10.2. The molecule has 0 saturated heterocycles. The van der Waals surface area contributed by atoms with Gasteiger partial charge in [-0.25, -0.2) is 0 Å². The van der Waals surface area contributed by atoms with Gasteiger partial charge < -0.3 is 14.6 Å². The summed E-state index contributed by atoms with van der Waals surface area (Å²) in [5.74, 6) is -0.259. The average molecular weight is 447 g/mol. The van der Waals surface area contributed by atoms with E-state index in [1.165, 1.54) is 12.1 Å². The van der Waals surface area contributed by atoms with Crippen LogP contribution in [-0.2, 0) is 22.3 Å². The lowest BCUT2D eigenvalue weighted by atomic mass is 9.99. The van der Waals surface area contributed by atoms with Crippen molar-refractivity contribution < 1.29 is 27.2 Å². The first-order valence-electron chi connectivity index (χ1n) is 10.2. The third-order valence-corrected chi connectivity index (χ3v) is 5.03. The molecule has 3 aromatic rings. The molecule has 1 N–H and O–H groups in total. The number of nitrogens with one attached hydrogen (secondary N) is 1. The summed E-state index contributed by atoms with van der Waals surface area (Å²) in [6.07, 6.45) is -3.77. The van der Waals surface area contributed by atoms with E-state index in [1.807, 2.05) is 44.2 Å². The summed E-state index contributed by atoms with van der Waals surface area (Å²) in [5, 5.41) is 6.65. The smallest absolute Gasteiger partial charge is 0.367 e. The Balaban J connectivity index is 1.69. The fourth-order valence-electron chi connectivity index (χ4n) is 3.05. The fourth-order valence-corrected chi connectivity index (χ4v) is 3.05. The second-order valence-electron chi connectivity index (χ2n) is 7.44. The third-order valence-electron chi connectivity index (χ3n) is 5.03. The van der Waals surface area contributed by atoms with Crippen LogP contribution in [0.5, 0.6) is 0 Å². The Morgan fingerprint density at radius 2 is 1.91 bits per heavy atom. The van der Waals surface area contributed by atoms with Crippen molar-refractivity contribution in [3.8, 4) is 11.4 Å². The van der Waals surface area contributed by atoms with E-state index in [0.717, 1.165) is 17.7 Å². The summed E-state index contributed by atoms with van der Waals surface area (Å²) in [7, 11) is 0. The molecule has 0 spiro atoms. The zero-order chi connectivity index (χ0) is 23.1. The predicted molar refractivity (Wildman–Crippen MR) is 111 cm³/mol. The van der Waals surface area contributed by atoms with Gasteiger partial charge >= 0.3 is 6.18 Å². The lowest BCUT2D eigenvalue weighted by Crippen LogP contribution is -2.35. The highest BCUT2D eigenvalue weighted by atomic mass is 19.4. The molecule has 0 bridgehead atoms. The van der Waals surface area contributed by atoms with E-state index in [-0.39, 0.29) is 35.7 Å². The van der Waals surface area contributed by atoms with Gasteiger partial charge in [0.1, 0.15) is 12.6 Å². The second-order valence-corrected chi connectivity index (χ2v) is 7.44. The van der Waals surface area contributed by atoms with E-state index in [1.54, 1.807) is 0 Å². The lowest BCUT2D eigenvalue weighted by molar-refractivity contribution is -0.137. The second kappa shape index (κ2) is 10.4. The lowest BCUT2D eigenvalue weighted by Gasteiger charge is -2.20. The van der Waals surface area contributed by atoms with Crippen LogP contribution in [0.3, 0.4) is 0 Å². The number of carbonyl (C=O) groups excluding carboxylic acids is 1. The number of rotatable bonds is 9. The van der Waals surface area contributed by atoms with Crippen LogP contribution in [0.25, 0.3) is 11.4 Å². The summed E-state index contributed by atoms with van der Waals surface area (Å²) in [4.78, 5) is 16.7. The normalized spacial score (nSPS) is 13.5. The van der Waals surface area contributed by atoms with Crippen LogP contribution in [0.1, 0.15) is 43.3 Å². The zero-order valence-electron chi connectivity index (χ0n) is 17.7. The van der Waals surface area contributed by atoms with E-state index in [9.17, 15) is 18.0 Å². The van der Waals surface area contributed by atoms with Gasteiger partial charge in [0.15, 0.2) is 0 Å². The van der Waals surface area contributed by atoms with Crippen LogP contribution in [0.4, 0.5) is 13.2 Å². The first-order chi connectivity index (χ1) is 15.3. The number of hydrogen-bond donors (Lipinski definition) is 1. The minimum absolute atomic E-state index is 0.0222. The molecule has 9 heteroatoms. The van der Waals surface area contributed by atoms with Crippen molar-refractivity contribution in [2.45, 2.75) is 39.1 Å². The van der Waals surface area contributed by atoms with Gasteiger partial charge in [0.05, 0.1) is 12.2 Å². The Hall–Kier alpha value is -3.20. The monoisotopic (exact) mass is 447 g/mol. The molecular formula is C23H24F3N3O3. The number of amides is 1. The molecule has 0 aliphatic rings. The van der Waals surface area contributed by atoms with Gasteiger partial charge in [-0.2, -0.15) is 18.2 Å². The van der Waals surface area contributed by atoms with E-state index in [0.29, 0.717) is 13.0 Å². The maximum absolute atomic E-state index is 13.0. The van der Waals surface area contributed by atoms with Crippen LogP contribution in [-0.4, -0.2) is 22.7 Å². The van der Waals surface area contributed by atoms with E-state index >= 15 is 0 Å². The van der Waals surface area contributed by atoms with Crippen molar-refractivity contribution >= 4 is 5.91 Å². The molecule has 0 aliphatic carbocycles. The minimum atomic E-state index is -4.48. The summed E-state index contributed by atoms with van der Waals surface area (Å²) in [6, 6.07) is 13.5. The van der Waals surface area contributed by atoms with Crippen LogP contribution < -0.4 is 5.32 Å². The van der Waals surface area contributed by atoms with Gasteiger partial charge in [-0.05, 0) is 23.6 Å². The summed E-state index contributed by atoms with van der Waals surface area (Å²) >= 11 is 0. The number of carbonyl (C=O) groups is 1. The van der Waals surface area contributed by atoms with Gasteiger partial charge in [0.2, 0.25) is 17.6 Å². The van der Waals surface area contributed by atoms with Gasteiger partial charge in [0.25, 0.3) is 0 Å². The van der Waals surface area contributed by atoms with Crippen LogP contribution in [0.15, 0.2) is 59.1 Å². The molecule has 1 amide bonds. The largest absolute Gasteiger partial charge is 0.416 e. The molecule has 1 aromatic heterocycles. The highest BCUT2D eigenvalue weighted by Gasteiger charge is 2.31. The molecule has 3 rings (SSSR count). The summed E-state index contributed by atoms with van der Waals surface area (Å²) in [5.41, 5.74) is 0.320. The molecule has 2 atom stereocenters. The number of ether oxygens (including phenoxy) is 1. The highest BCUT2D eigenvalue weighted by Crippen LogP contribution is 2.32. The zero-order valence-corrected chi connectivity index (χ0v) is 17.7. The molecule has 2 aromatic carbocycles. The number of aromatic nitrogens is 2. The topological polar surface area (TPSA) is 77.2 Å². The summed E-state index contributed by atoms with van der Waals surface area (Å²) < 4.78 is 49.8. The molecule has 6 nitrogen and oxygen atoms in total. The van der Waals surface area contributed by atoms with E-state index < -0.39 is 17.8 Å². The minimum Gasteiger partial charge on any atom is -0.367 e. The van der Waals surface area contributed by atoms with Gasteiger partial charge in [-0.1, -0.05) is 67.9 Å². The molecular weight excluding hydrogens is 423 g/mol. The fraction of sp³-hybridized carbons (Fsp3) is 0.348. The number of alkyl halides is 3. The molecule has 0 fully saturated rings. The molecule has 170 valence electrons. The highest BCUT2D eigenvalue weighted by molar-refractivity contribution is 5.77. The average Bonchev–Trinajstić information content (AvgIpc) is 3.27. The van der Waals surface area contributed by atoms with Gasteiger partial charge in [-0.15, -0.1) is 0 Å². The maximum Gasteiger partial charge on any atom is 0.416 e. The van der Waals surface area contributed by atoms with E-state index in [4.69, 9.17) is 9.26 Å². The first kappa shape index (κ1) is 23.5. The standard InChI is InChI=1S/C23H24F3N3O3/c1-3-15(2)20(27-19(30)14-31-13-16-8-5-4-6-9-16)22-28-21(29-32-22)17-10-7-11-18(12-17)23(24,25)26/h4-12,15,20H,3,13-14H2,1-2H3,(H,27,30). The van der Waals surface area contributed by atoms with Crippen molar-refractivity contribution in [2.24, 2.45) is 5.92 Å². The molecule has 0 aliphatic heterocycles. The Bertz CT molecular complexity index is 1020. The maximum atomic E-state index is 13.0. The molecule has 1 heterocycles. The van der Waals surface area contributed by atoms with Crippen LogP contribution in [0, 0.1) is 5.92 Å². The number of benzene rings is 2. The van der Waals surface area contributed by atoms with Gasteiger partial charge in [-0.3, -0.25) is 4.79 Å². The predicted octanol–water partition coefficient (Wildman–Crippen LogP) is 5.18. The van der Waals surface area contributed by atoms with Crippen LogP contribution >= 0.6 is 0 Å². The van der Waals surface area contributed by atoms with Crippen molar-refractivity contribution in [3.63, 3.8) is 0 Å². The van der Waals surface area contributed by atoms with Gasteiger partial charge in [0, 0.05) is 5.56 Å². The van der Waals surface area contributed by atoms with Crippen LogP contribution in [0.2, 0.25) is 0 Å². The van der Waals surface area contributed by atoms with Crippen molar-refractivity contribution in [1.82, 2.24) is 15.5 Å². The molecule has 0 radical (unpaired) electrons. The Labute approximate surface area is 183 Å². The SMILES string of the molecule is CCC(C)C(NC(=O)COCc1ccccc1)c1nc(-c2cccc(C(F)(F)F)c2)no1. The van der Waals surface area contributed by atoms with Crippen molar-refractivity contribution in [2.75, 3.05) is 6.61 Å². The molecule has 0 saturated carbocycles. The quantitative estimate of drug-likeness (QED) is 0.489. The number of nitrogens with zero attached hydrogens (tertiary/aromatic N) is 2. The molecule has 2 unspecified atom stereocenters. The summed E-state index contributed by atoms with van der Waals surface area (Å²) in [6.45, 7) is 3.99. The van der Waals surface area contributed by atoms with E-state index in [2.05, 4.69) is 15.5 Å². The third kappa shape index (κ3) is 6.16.